The van der Waals surface area contributed by atoms with Gasteiger partial charge in [0.25, 0.3) is 5.91 Å². The average Bonchev–Trinajstić information content (AvgIpc) is 3.24. The van der Waals surface area contributed by atoms with E-state index in [0.29, 0.717) is 24.0 Å². The Morgan fingerprint density at radius 3 is 1.29 bits per heavy atom. The summed E-state index contributed by atoms with van der Waals surface area (Å²) in [6.07, 6.45) is 10.3. The minimum atomic E-state index is -1.05. The molecule has 0 aromatic heterocycles. The Balaban J connectivity index is 0.000000170. The van der Waals surface area contributed by atoms with Gasteiger partial charge in [0, 0.05) is 37.9 Å². The Morgan fingerprint density at radius 1 is 0.500 bits per heavy atom. The first kappa shape index (κ1) is 52.3. The van der Waals surface area contributed by atoms with Crippen LogP contribution in [0.1, 0.15) is 150 Å². The Kier molecular flexibility index (Phi) is 15.6. The zero-order valence-electron chi connectivity index (χ0n) is 42.3. The fourth-order valence-corrected chi connectivity index (χ4v) is 8.14. The number of hydrogen-bond acceptors (Lipinski definition) is 6. The first-order chi connectivity index (χ1) is 31.5. The van der Waals surface area contributed by atoms with Crippen molar-refractivity contribution in [1.82, 2.24) is 5.32 Å². The third-order valence-corrected chi connectivity index (χ3v) is 12.4. The number of hydrogen-bond donors (Lipinski definition) is 3. The number of rotatable bonds is 2. The molecule has 0 aliphatic heterocycles. The lowest BCUT2D eigenvalue weighted by atomic mass is 9.81. The molecule has 0 unspecified atom stereocenters. The van der Waals surface area contributed by atoms with Crippen LogP contribution in [0.2, 0.25) is 0 Å². The number of carboxylic acid groups (broad SMARTS) is 1. The number of aliphatic hydroxyl groups excluding tert-OH is 1. The number of likely N-dealkylation sites (N-methyl/N-ethyl adjacent to an activating group) is 1. The van der Waals surface area contributed by atoms with Crippen LogP contribution in [0.3, 0.4) is 0 Å². The molecular weight excluding hydrogens is 847 g/mol. The van der Waals surface area contributed by atoms with Crippen molar-refractivity contribution in [3.05, 3.63) is 176 Å². The van der Waals surface area contributed by atoms with Crippen molar-refractivity contribution >= 4 is 52.2 Å². The number of amides is 1. The summed E-state index contributed by atoms with van der Waals surface area (Å²) in [7, 11) is 1.58. The number of carbonyl (C=O) groups is 5. The second-order valence-electron chi connectivity index (χ2n) is 22.2. The fraction of sp³-hybridized carbons (Fsp3) is 0.350. The second-order valence-corrected chi connectivity index (χ2v) is 22.2. The molecule has 68 heavy (non-hydrogen) atoms. The maximum Gasteiger partial charge on any atom is 0.336 e. The number of nitrogens with one attached hydrogen (secondary N) is 1. The smallest absolute Gasteiger partial charge is 0.336 e. The van der Waals surface area contributed by atoms with Crippen LogP contribution in [0.5, 0.6) is 0 Å². The van der Waals surface area contributed by atoms with Crippen LogP contribution in [0.4, 0.5) is 0 Å². The van der Waals surface area contributed by atoms with E-state index in [1.54, 1.807) is 7.05 Å². The van der Waals surface area contributed by atoms with Gasteiger partial charge in [0.05, 0.1) is 11.1 Å². The Morgan fingerprint density at radius 2 is 0.868 bits per heavy atom. The van der Waals surface area contributed by atoms with Crippen LogP contribution in [0.25, 0.3) is 23.0 Å². The van der Waals surface area contributed by atoms with Crippen molar-refractivity contribution in [3.63, 3.8) is 0 Å². The van der Waals surface area contributed by atoms with Crippen LogP contribution in [-0.4, -0.2) is 46.5 Å². The summed E-state index contributed by atoms with van der Waals surface area (Å²) < 4.78 is 0. The highest BCUT2D eigenvalue weighted by Gasteiger charge is 2.27. The molecule has 8 heteroatoms. The molecular formula is C60H69NO7. The molecule has 4 aliphatic rings. The predicted molar refractivity (Wildman–Crippen MR) is 277 cm³/mol. The normalized spacial score (nSPS) is 15.2. The number of carboxylic acids is 1. The molecule has 0 atom stereocenters. The van der Waals surface area contributed by atoms with Gasteiger partial charge in [0.2, 0.25) is 0 Å². The monoisotopic (exact) mass is 916 g/mol. The minimum absolute atomic E-state index is 0.0181. The van der Waals surface area contributed by atoms with E-state index in [2.05, 4.69) is 125 Å². The summed E-state index contributed by atoms with van der Waals surface area (Å²) in [5.74, 6) is -1.36. The van der Waals surface area contributed by atoms with Gasteiger partial charge in [-0.1, -0.05) is 174 Å². The van der Waals surface area contributed by atoms with E-state index in [0.717, 1.165) is 45.4 Å². The zero-order valence-corrected chi connectivity index (χ0v) is 42.3. The van der Waals surface area contributed by atoms with Crippen LogP contribution >= 0.6 is 0 Å². The van der Waals surface area contributed by atoms with Crippen LogP contribution in [-0.2, 0) is 71.3 Å². The highest BCUT2D eigenvalue weighted by molar-refractivity contribution is 6.26. The molecule has 0 fully saturated rings. The van der Waals surface area contributed by atoms with E-state index in [1.807, 2.05) is 54.6 Å². The summed E-state index contributed by atoms with van der Waals surface area (Å²) >= 11 is 0. The van der Waals surface area contributed by atoms with Gasteiger partial charge in [-0.25, -0.2) is 4.79 Å². The second kappa shape index (κ2) is 20.3. The molecule has 1 amide bonds. The van der Waals surface area contributed by atoms with E-state index in [4.69, 9.17) is 0 Å². The quantitative estimate of drug-likeness (QED) is 0.182. The lowest BCUT2D eigenvalue weighted by Gasteiger charge is -2.23. The van der Waals surface area contributed by atoms with Crippen molar-refractivity contribution in [1.29, 1.82) is 0 Å². The topological polar surface area (TPSA) is 138 Å². The van der Waals surface area contributed by atoms with Crippen LogP contribution < -0.4 is 5.32 Å². The number of benzene rings is 4. The minimum Gasteiger partial charge on any atom is -0.507 e. The number of aliphatic carboxylic acids is 1. The standard InChI is InChI=1S/C16H19NO2.C15H16O3.C15H18.C14H16O2/c1-16(2,3)11-6-5-10-7-12(18)9-14(13(10)8-11)15(19)17-4;1-15(2,3)10-5-4-9-6-11(16)8-13(14(17)18)12(9)7-10;1-11-5-6-13-10-14(15(2,3)4)8-7-12(13)9-11;1-14(2,3)10-5-4-9-6-11(15)8-13(16)12(9)7-10/h5-6,8-9H,7H2,1-4H3,(H,17,19);4-5,7-8H,6H2,1-3H3,(H,17,18);5-8,10H,1,9H2,2-4H3;4-5,7-8,16H,6H2,1-3H3. The number of ketones is 3. The average molecular weight is 916 g/mol. The first-order valence-electron chi connectivity index (χ1n) is 23.2. The van der Waals surface area contributed by atoms with Crippen molar-refractivity contribution in [2.45, 2.75) is 130 Å². The largest absolute Gasteiger partial charge is 0.507 e. The van der Waals surface area contributed by atoms with Crippen molar-refractivity contribution < 1.29 is 34.2 Å². The van der Waals surface area contributed by atoms with Gasteiger partial charge in [-0.2, -0.15) is 0 Å². The molecule has 0 bridgehead atoms. The highest BCUT2D eigenvalue weighted by atomic mass is 16.4. The van der Waals surface area contributed by atoms with Crippen molar-refractivity contribution in [2.75, 3.05) is 7.05 Å². The van der Waals surface area contributed by atoms with Gasteiger partial charge in [-0.15, -0.1) is 0 Å². The van der Waals surface area contributed by atoms with Gasteiger partial charge in [0.15, 0.2) is 17.3 Å². The Labute approximate surface area is 403 Å². The van der Waals surface area contributed by atoms with Crippen LogP contribution in [0, 0.1) is 0 Å². The molecule has 356 valence electrons. The van der Waals surface area contributed by atoms with E-state index in [9.17, 15) is 34.2 Å². The summed E-state index contributed by atoms with van der Waals surface area (Å²) in [4.78, 5) is 57.6. The van der Waals surface area contributed by atoms with Crippen molar-refractivity contribution in [2.24, 2.45) is 0 Å². The number of fused-ring (bicyclic) bond motifs is 4. The molecule has 0 spiro atoms. The molecule has 4 aliphatic carbocycles. The zero-order chi connectivity index (χ0) is 50.7. The van der Waals surface area contributed by atoms with Crippen LogP contribution in [0.15, 0.2) is 109 Å². The lowest BCUT2D eigenvalue weighted by molar-refractivity contribution is -0.130. The highest BCUT2D eigenvalue weighted by Crippen LogP contribution is 2.34. The molecule has 8 nitrogen and oxygen atoms in total. The molecule has 0 saturated heterocycles. The molecule has 0 heterocycles. The van der Waals surface area contributed by atoms with E-state index < -0.39 is 5.97 Å². The first-order valence-corrected chi connectivity index (χ1v) is 23.2. The maximum absolute atomic E-state index is 11.9. The predicted octanol–water partition coefficient (Wildman–Crippen LogP) is 11.9. The third kappa shape index (κ3) is 13.1. The lowest BCUT2D eigenvalue weighted by Crippen LogP contribution is -2.24. The van der Waals surface area contributed by atoms with E-state index >= 15 is 0 Å². The number of allylic oxidation sites excluding steroid dienone is 5. The Bertz CT molecular complexity index is 2820. The van der Waals surface area contributed by atoms with Gasteiger partial charge in [0.1, 0.15) is 5.76 Å². The summed E-state index contributed by atoms with van der Waals surface area (Å²) in [5, 5.41) is 21.5. The van der Waals surface area contributed by atoms with Crippen molar-refractivity contribution in [3.8, 4) is 0 Å². The molecule has 3 N–H and O–H groups in total. The summed E-state index contributed by atoms with van der Waals surface area (Å²) in [6.45, 7) is 29.8. The summed E-state index contributed by atoms with van der Waals surface area (Å²) in [6, 6.07) is 24.5. The Hall–Kier alpha value is -6.67. The molecule has 4 aromatic rings. The number of carbonyl (C=O) groups excluding carboxylic acids is 4. The van der Waals surface area contributed by atoms with Gasteiger partial charge >= 0.3 is 5.97 Å². The van der Waals surface area contributed by atoms with E-state index in [1.165, 1.54) is 46.1 Å². The number of aliphatic hydroxyl groups is 1. The molecule has 0 saturated carbocycles. The van der Waals surface area contributed by atoms with Gasteiger partial charge in [-0.3, -0.25) is 19.2 Å². The fourth-order valence-electron chi connectivity index (χ4n) is 8.14. The maximum atomic E-state index is 11.9. The van der Waals surface area contributed by atoms with Gasteiger partial charge < -0.3 is 15.5 Å². The van der Waals surface area contributed by atoms with Gasteiger partial charge in [-0.05, 0) is 107 Å². The molecule has 0 radical (unpaired) electrons. The molecule has 4 aromatic carbocycles. The third-order valence-electron chi connectivity index (χ3n) is 12.4. The summed E-state index contributed by atoms with van der Waals surface area (Å²) in [5.41, 5.74) is 14.6. The van der Waals surface area contributed by atoms with E-state index in [-0.39, 0.29) is 62.7 Å². The molecule has 8 rings (SSSR count). The SMILES string of the molecule is C=C1C=Cc2cc(C(C)(C)C)ccc2C1.CC(C)(C)c1ccc2c(c1)C(C(=O)O)=CC(=O)C2.CC(C)(C)c1ccc2c(c1)C(O)=CC(=O)C2.CNC(=O)C1=CC(=O)Cc2ccc(C(C)(C)C)cc21.